The van der Waals surface area contributed by atoms with E-state index in [0.29, 0.717) is 24.2 Å². The molecule has 1 aliphatic heterocycles. The molecule has 6 heteroatoms. The van der Waals surface area contributed by atoms with Crippen molar-refractivity contribution in [3.8, 4) is 11.1 Å². The van der Waals surface area contributed by atoms with Crippen molar-refractivity contribution >= 4 is 16.0 Å². The van der Waals surface area contributed by atoms with Crippen LogP contribution in [0.15, 0.2) is 53.4 Å². The number of carbonyl (C=O) groups is 1. The predicted molar refractivity (Wildman–Crippen MR) is 86.8 cm³/mol. The molecule has 1 saturated heterocycles. The van der Waals surface area contributed by atoms with Crippen LogP contribution >= 0.6 is 0 Å². The molecule has 2 aromatic carbocycles. The summed E-state index contributed by atoms with van der Waals surface area (Å²) in [4.78, 5) is 11.6. The van der Waals surface area contributed by atoms with Crippen LogP contribution in [0.25, 0.3) is 11.1 Å². The van der Waals surface area contributed by atoms with Gasteiger partial charge >= 0.3 is 5.97 Å². The molecule has 0 atom stereocenters. The van der Waals surface area contributed by atoms with Crippen molar-refractivity contribution in [3.05, 3.63) is 54.1 Å². The number of aromatic carboxylic acids is 1. The first-order valence-corrected chi connectivity index (χ1v) is 8.87. The summed E-state index contributed by atoms with van der Waals surface area (Å²) in [5.41, 5.74) is 1.25. The van der Waals surface area contributed by atoms with Crippen molar-refractivity contribution in [2.24, 2.45) is 0 Å². The van der Waals surface area contributed by atoms with E-state index in [2.05, 4.69) is 0 Å². The molecule has 1 heterocycles. The van der Waals surface area contributed by atoms with Gasteiger partial charge in [-0.3, -0.25) is 0 Å². The zero-order chi connectivity index (χ0) is 16.4. The van der Waals surface area contributed by atoms with Gasteiger partial charge in [0.2, 0.25) is 10.0 Å². The molecule has 23 heavy (non-hydrogen) atoms. The molecule has 1 fully saturated rings. The summed E-state index contributed by atoms with van der Waals surface area (Å²) < 4.78 is 26.8. The van der Waals surface area contributed by atoms with Crippen LogP contribution in [0.2, 0.25) is 0 Å². The summed E-state index contributed by atoms with van der Waals surface area (Å²) in [6, 6.07) is 13.1. The van der Waals surface area contributed by atoms with Crippen LogP contribution in [-0.2, 0) is 10.0 Å². The van der Waals surface area contributed by atoms with Gasteiger partial charge in [-0.25, -0.2) is 13.2 Å². The van der Waals surface area contributed by atoms with Gasteiger partial charge in [0.15, 0.2) is 0 Å². The Hall–Kier alpha value is -2.18. The zero-order valence-electron chi connectivity index (χ0n) is 12.5. The van der Waals surface area contributed by atoms with Crippen LogP contribution in [0.1, 0.15) is 23.2 Å². The van der Waals surface area contributed by atoms with Crippen LogP contribution in [0.3, 0.4) is 0 Å². The van der Waals surface area contributed by atoms with E-state index < -0.39 is 16.0 Å². The van der Waals surface area contributed by atoms with Gasteiger partial charge in [-0.1, -0.05) is 30.3 Å². The Kier molecular flexibility index (Phi) is 4.19. The lowest BCUT2D eigenvalue weighted by Crippen LogP contribution is -2.27. The zero-order valence-corrected chi connectivity index (χ0v) is 13.3. The predicted octanol–water partition coefficient (Wildman–Crippen LogP) is 2.84. The second-order valence-electron chi connectivity index (χ2n) is 5.49. The lowest BCUT2D eigenvalue weighted by Gasteiger charge is -2.16. The van der Waals surface area contributed by atoms with Crippen LogP contribution in [0, 0.1) is 0 Å². The summed E-state index contributed by atoms with van der Waals surface area (Å²) in [6.07, 6.45) is 1.75. The number of benzene rings is 2. The minimum atomic E-state index is -3.52. The highest BCUT2D eigenvalue weighted by Crippen LogP contribution is 2.28. The first-order valence-electron chi connectivity index (χ1n) is 7.43. The van der Waals surface area contributed by atoms with Crippen molar-refractivity contribution in [2.45, 2.75) is 17.7 Å². The second kappa shape index (κ2) is 6.14. The van der Waals surface area contributed by atoms with Crippen molar-refractivity contribution in [2.75, 3.05) is 13.1 Å². The van der Waals surface area contributed by atoms with Crippen molar-refractivity contribution in [1.82, 2.24) is 4.31 Å². The van der Waals surface area contributed by atoms with E-state index in [1.807, 2.05) is 0 Å². The minimum absolute atomic E-state index is 0.156. The average molecular weight is 331 g/mol. The van der Waals surface area contributed by atoms with Gasteiger partial charge in [-0.15, -0.1) is 0 Å². The Morgan fingerprint density at radius 2 is 1.70 bits per heavy atom. The fourth-order valence-electron chi connectivity index (χ4n) is 2.82. The lowest BCUT2D eigenvalue weighted by molar-refractivity contribution is 0.0697. The first-order chi connectivity index (χ1) is 11.0. The van der Waals surface area contributed by atoms with Gasteiger partial charge in [0, 0.05) is 13.1 Å². The van der Waals surface area contributed by atoms with Gasteiger partial charge in [0.25, 0.3) is 0 Å². The van der Waals surface area contributed by atoms with E-state index in [9.17, 15) is 18.3 Å². The fraction of sp³-hybridized carbons (Fsp3) is 0.235. The molecule has 5 nitrogen and oxygen atoms in total. The van der Waals surface area contributed by atoms with Crippen LogP contribution in [-0.4, -0.2) is 36.9 Å². The molecule has 0 aromatic heterocycles. The van der Waals surface area contributed by atoms with E-state index >= 15 is 0 Å². The molecule has 0 aliphatic carbocycles. The van der Waals surface area contributed by atoms with E-state index in [1.165, 1.54) is 10.4 Å². The maximum absolute atomic E-state index is 12.6. The van der Waals surface area contributed by atoms with E-state index in [4.69, 9.17) is 0 Å². The number of carboxylic acids is 1. The Morgan fingerprint density at radius 3 is 2.39 bits per heavy atom. The highest BCUT2D eigenvalue weighted by Gasteiger charge is 2.27. The van der Waals surface area contributed by atoms with Gasteiger partial charge < -0.3 is 5.11 Å². The quantitative estimate of drug-likeness (QED) is 0.935. The third-order valence-electron chi connectivity index (χ3n) is 4.01. The molecule has 2 aromatic rings. The average Bonchev–Trinajstić information content (AvgIpc) is 3.10. The minimum Gasteiger partial charge on any atom is -0.478 e. The van der Waals surface area contributed by atoms with Crippen molar-refractivity contribution in [1.29, 1.82) is 0 Å². The Balaban J connectivity index is 2.06. The highest BCUT2D eigenvalue weighted by molar-refractivity contribution is 7.89. The molecular formula is C17H17NO4S. The number of hydrogen-bond donors (Lipinski definition) is 1. The number of hydrogen-bond acceptors (Lipinski definition) is 3. The largest absolute Gasteiger partial charge is 0.478 e. The molecule has 120 valence electrons. The Morgan fingerprint density at radius 1 is 1.00 bits per heavy atom. The summed E-state index contributed by atoms with van der Waals surface area (Å²) in [7, 11) is -3.52. The van der Waals surface area contributed by atoms with Crippen molar-refractivity contribution in [3.63, 3.8) is 0 Å². The van der Waals surface area contributed by atoms with Crippen LogP contribution < -0.4 is 0 Å². The van der Waals surface area contributed by atoms with Gasteiger partial charge in [0.1, 0.15) is 0 Å². The molecule has 1 N–H and O–H groups in total. The number of carboxylic acid groups (broad SMARTS) is 1. The molecule has 3 rings (SSSR count). The molecule has 0 bridgehead atoms. The van der Waals surface area contributed by atoms with Gasteiger partial charge in [0.05, 0.1) is 10.5 Å². The summed E-state index contributed by atoms with van der Waals surface area (Å²) in [5, 5.41) is 9.30. The maximum Gasteiger partial charge on any atom is 0.336 e. The molecule has 0 amide bonds. The number of sulfonamides is 1. The summed E-state index contributed by atoms with van der Waals surface area (Å²) in [6.45, 7) is 1.08. The van der Waals surface area contributed by atoms with Crippen molar-refractivity contribution < 1.29 is 18.3 Å². The van der Waals surface area contributed by atoms with Gasteiger partial charge in [-0.05, 0) is 42.2 Å². The fourth-order valence-corrected chi connectivity index (χ4v) is 4.39. The Bertz CT molecular complexity index is 839. The standard InChI is InChI=1S/C17H17NO4S/c19-17(20)16-9-2-1-8-15(16)13-6-5-7-14(12-13)23(21,22)18-10-3-4-11-18/h1-2,5-9,12H,3-4,10-11H2,(H,19,20). The van der Waals surface area contributed by atoms with E-state index in [0.717, 1.165) is 12.8 Å². The molecule has 0 radical (unpaired) electrons. The molecule has 0 spiro atoms. The van der Waals surface area contributed by atoms with Crippen LogP contribution in [0.5, 0.6) is 0 Å². The maximum atomic E-state index is 12.6. The smallest absolute Gasteiger partial charge is 0.336 e. The summed E-state index contributed by atoms with van der Waals surface area (Å²) >= 11 is 0. The Labute approximate surface area is 135 Å². The monoisotopic (exact) mass is 331 g/mol. The summed E-state index contributed by atoms with van der Waals surface area (Å²) in [5.74, 6) is -1.03. The van der Waals surface area contributed by atoms with Crippen LogP contribution in [0.4, 0.5) is 0 Å². The number of rotatable bonds is 4. The first kappa shape index (κ1) is 15.7. The third-order valence-corrected chi connectivity index (χ3v) is 5.90. The van der Waals surface area contributed by atoms with Gasteiger partial charge in [-0.2, -0.15) is 4.31 Å². The SMILES string of the molecule is O=C(O)c1ccccc1-c1cccc(S(=O)(=O)N2CCCC2)c1. The topological polar surface area (TPSA) is 74.7 Å². The third kappa shape index (κ3) is 3.00. The second-order valence-corrected chi connectivity index (χ2v) is 7.43. The molecular weight excluding hydrogens is 314 g/mol. The van der Waals surface area contributed by atoms with E-state index in [1.54, 1.807) is 42.5 Å². The normalized spacial score (nSPS) is 15.7. The molecule has 0 saturated carbocycles. The highest BCUT2D eigenvalue weighted by atomic mass is 32.2. The molecule has 1 aliphatic rings. The lowest BCUT2D eigenvalue weighted by atomic mass is 10.00. The molecule has 0 unspecified atom stereocenters. The van der Waals surface area contributed by atoms with E-state index in [-0.39, 0.29) is 10.5 Å². The number of nitrogens with zero attached hydrogens (tertiary/aromatic N) is 1.